The van der Waals surface area contributed by atoms with Crippen LogP contribution >= 0.6 is 0 Å². The van der Waals surface area contributed by atoms with Crippen LogP contribution in [0.15, 0.2) is 0 Å². The Labute approximate surface area is 75.6 Å². The fourth-order valence-electron chi connectivity index (χ4n) is 1.19. The summed E-state index contributed by atoms with van der Waals surface area (Å²) in [7, 11) is 2.09. The number of rotatable bonds is 6. The largest absolute Gasteiger partial charge is 0.395 e. The standard InChI is InChI=1S/C9H22N2O/c1-8(2)6-11(3)5-4-9(10)7-12/h8-9,12H,4-7,10H2,1-3H3. The molecule has 3 N–H and O–H groups in total. The normalized spacial score (nSPS) is 14.2. The second-order valence-corrected chi connectivity index (χ2v) is 3.89. The molecular formula is C9H22N2O. The molecule has 0 radical (unpaired) electrons. The molecule has 3 heteroatoms. The highest BCUT2D eigenvalue weighted by molar-refractivity contribution is 4.62. The summed E-state index contributed by atoms with van der Waals surface area (Å²) in [6.45, 7) is 6.55. The van der Waals surface area contributed by atoms with E-state index in [1.807, 2.05) is 0 Å². The highest BCUT2D eigenvalue weighted by Crippen LogP contribution is 1.97. The molecule has 1 unspecified atom stereocenters. The highest BCUT2D eigenvalue weighted by atomic mass is 16.3. The molecule has 0 saturated heterocycles. The van der Waals surface area contributed by atoms with Crippen LogP contribution in [0.5, 0.6) is 0 Å². The molecule has 0 aliphatic heterocycles. The van der Waals surface area contributed by atoms with Crippen molar-refractivity contribution in [2.24, 2.45) is 11.7 Å². The fraction of sp³-hybridized carbons (Fsp3) is 1.00. The maximum Gasteiger partial charge on any atom is 0.0583 e. The van der Waals surface area contributed by atoms with Gasteiger partial charge in [0.1, 0.15) is 0 Å². The summed E-state index contributed by atoms with van der Waals surface area (Å²) >= 11 is 0. The lowest BCUT2D eigenvalue weighted by Gasteiger charge is -2.20. The van der Waals surface area contributed by atoms with Crippen LogP contribution < -0.4 is 5.73 Å². The minimum absolute atomic E-state index is 0.0559. The predicted molar refractivity (Wildman–Crippen MR) is 52.0 cm³/mol. The van der Waals surface area contributed by atoms with Gasteiger partial charge in [-0.2, -0.15) is 0 Å². The van der Waals surface area contributed by atoms with Gasteiger partial charge in [-0.05, 0) is 25.9 Å². The second-order valence-electron chi connectivity index (χ2n) is 3.89. The van der Waals surface area contributed by atoms with E-state index in [9.17, 15) is 0 Å². The van der Waals surface area contributed by atoms with Crippen LogP contribution in [0.4, 0.5) is 0 Å². The molecule has 3 nitrogen and oxygen atoms in total. The van der Waals surface area contributed by atoms with Crippen LogP contribution in [-0.2, 0) is 0 Å². The minimum Gasteiger partial charge on any atom is -0.395 e. The molecule has 0 amide bonds. The number of aliphatic hydroxyl groups excluding tert-OH is 1. The van der Waals surface area contributed by atoms with Gasteiger partial charge in [0.15, 0.2) is 0 Å². The third kappa shape index (κ3) is 6.58. The predicted octanol–water partition coefficient (Wildman–Crippen LogP) is 0.284. The Balaban J connectivity index is 3.36. The molecular weight excluding hydrogens is 152 g/mol. The Morgan fingerprint density at radius 2 is 2.00 bits per heavy atom. The summed E-state index contributed by atoms with van der Waals surface area (Å²) in [6, 6.07) is -0.0559. The maximum absolute atomic E-state index is 8.69. The van der Waals surface area contributed by atoms with Gasteiger partial charge in [-0.3, -0.25) is 0 Å². The molecule has 0 heterocycles. The van der Waals surface area contributed by atoms with Gasteiger partial charge in [-0.1, -0.05) is 13.8 Å². The highest BCUT2D eigenvalue weighted by Gasteiger charge is 2.04. The van der Waals surface area contributed by atoms with E-state index in [1.165, 1.54) is 0 Å². The van der Waals surface area contributed by atoms with E-state index in [-0.39, 0.29) is 12.6 Å². The van der Waals surface area contributed by atoms with E-state index in [2.05, 4.69) is 25.8 Å². The summed E-state index contributed by atoms with van der Waals surface area (Å²) in [5.41, 5.74) is 5.58. The minimum atomic E-state index is -0.0559. The Hall–Kier alpha value is -0.120. The van der Waals surface area contributed by atoms with Gasteiger partial charge >= 0.3 is 0 Å². The van der Waals surface area contributed by atoms with Crippen LogP contribution in [0.1, 0.15) is 20.3 Å². The quantitative estimate of drug-likeness (QED) is 0.608. The van der Waals surface area contributed by atoms with E-state index < -0.39 is 0 Å². The van der Waals surface area contributed by atoms with Crippen LogP contribution in [0.25, 0.3) is 0 Å². The zero-order chi connectivity index (χ0) is 9.56. The molecule has 0 spiro atoms. The number of aliphatic hydroxyl groups is 1. The summed E-state index contributed by atoms with van der Waals surface area (Å²) in [6.07, 6.45) is 0.875. The van der Waals surface area contributed by atoms with Crippen molar-refractivity contribution < 1.29 is 5.11 Å². The third-order valence-corrected chi connectivity index (χ3v) is 1.79. The van der Waals surface area contributed by atoms with Gasteiger partial charge in [0.25, 0.3) is 0 Å². The Bertz CT molecular complexity index is 107. The van der Waals surface area contributed by atoms with Crippen LogP contribution in [0.3, 0.4) is 0 Å². The fourth-order valence-corrected chi connectivity index (χ4v) is 1.19. The number of nitrogens with zero attached hydrogens (tertiary/aromatic N) is 1. The van der Waals surface area contributed by atoms with Gasteiger partial charge in [-0.25, -0.2) is 0 Å². The van der Waals surface area contributed by atoms with E-state index in [0.29, 0.717) is 5.92 Å². The van der Waals surface area contributed by atoms with Gasteiger partial charge in [0.05, 0.1) is 6.61 Å². The molecule has 0 aromatic carbocycles. The van der Waals surface area contributed by atoms with Crippen molar-refractivity contribution in [1.29, 1.82) is 0 Å². The summed E-state index contributed by atoms with van der Waals surface area (Å²) < 4.78 is 0. The summed E-state index contributed by atoms with van der Waals surface area (Å²) in [5, 5.41) is 8.69. The van der Waals surface area contributed by atoms with Crippen molar-refractivity contribution in [2.45, 2.75) is 26.3 Å². The second kappa shape index (κ2) is 6.40. The lowest BCUT2D eigenvalue weighted by molar-refractivity contribution is 0.232. The molecule has 0 rings (SSSR count). The molecule has 0 aliphatic rings. The topological polar surface area (TPSA) is 49.5 Å². The van der Waals surface area contributed by atoms with Gasteiger partial charge in [0.2, 0.25) is 0 Å². The van der Waals surface area contributed by atoms with Crippen molar-refractivity contribution in [3.63, 3.8) is 0 Å². The zero-order valence-electron chi connectivity index (χ0n) is 8.45. The van der Waals surface area contributed by atoms with E-state index in [4.69, 9.17) is 10.8 Å². The molecule has 0 bridgehead atoms. The first kappa shape index (κ1) is 11.9. The van der Waals surface area contributed by atoms with Crippen LogP contribution in [-0.4, -0.2) is 42.8 Å². The van der Waals surface area contributed by atoms with E-state index >= 15 is 0 Å². The number of nitrogens with two attached hydrogens (primary N) is 1. The van der Waals surface area contributed by atoms with Crippen molar-refractivity contribution in [2.75, 3.05) is 26.7 Å². The lowest BCUT2D eigenvalue weighted by atomic mass is 10.2. The van der Waals surface area contributed by atoms with Gasteiger partial charge in [0, 0.05) is 12.6 Å². The molecule has 0 aromatic rings. The van der Waals surface area contributed by atoms with Crippen molar-refractivity contribution in [3.05, 3.63) is 0 Å². The SMILES string of the molecule is CC(C)CN(C)CCC(N)CO. The number of hydrogen-bond donors (Lipinski definition) is 2. The van der Waals surface area contributed by atoms with Gasteiger partial charge in [-0.15, -0.1) is 0 Å². The third-order valence-electron chi connectivity index (χ3n) is 1.79. The summed E-state index contributed by atoms with van der Waals surface area (Å²) in [5.74, 6) is 0.695. The molecule has 0 aromatic heterocycles. The van der Waals surface area contributed by atoms with Crippen molar-refractivity contribution in [1.82, 2.24) is 4.90 Å². The first-order valence-electron chi connectivity index (χ1n) is 4.61. The monoisotopic (exact) mass is 174 g/mol. The maximum atomic E-state index is 8.69. The summed E-state index contributed by atoms with van der Waals surface area (Å²) in [4.78, 5) is 2.25. The first-order chi connectivity index (χ1) is 5.56. The average molecular weight is 174 g/mol. The molecule has 74 valence electrons. The van der Waals surface area contributed by atoms with Crippen LogP contribution in [0.2, 0.25) is 0 Å². The lowest BCUT2D eigenvalue weighted by Crippen LogP contribution is -2.32. The zero-order valence-corrected chi connectivity index (χ0v) is 8.45. The van der Waals surface area contributed by atoms with E-state index in [0.717, 1.165) is 19.5 Å². The Morgan fingerprint density at radius 3 is 2.42 bits per heavy atom. The smallest absolute Gasteiger partial charge is 0.0583 e. The van der Waals surface area contributed by atoms with Crippen molar-refractivity contribution >= 4 is 0 Å². The van der Waals surface area contributed by atoms with Crippen molar-refractivity contribution in [3.8, 4) is 0 Å². The number of hydrogen-bond acceptors (Lipinski definition) is 3. The Kier molecular flexibility index (Phi) is 6.34. The molecule has 0 fully saturated rings. The molecule has 0 aliphatic carbocycles. The van der Waals surface area contributed by atoms with Gasteiger partial charge < -0.3 is 15.7 Å². The average Bonchev–Trinajstić information content (AvgIpc) is 1.99. The first-order valence-corrected chi connectivity index (χ1v) is 4.61. The molecule has 1 atom stereocenters. The van der Waals surface area contributed by atoms with E-state index in [1.54, 1.807) is 0 Å². The van der Waals surface area contributed by atoms with Crippen LogP contribution in [0, 0.1) is 5.92 Å². The Morgan fingerprint density at radius 1 is 1.42 bits per heavy atom. The molecule has 12 heavy (non-hydrogen) atoms. The molecule has 0 saturated carbocycles.